The van der Waals surface area contributed by atoms with Crippen molar-refractivity contribution in [2.75, 3.05) is 26.8 Å². The molecule has 0 atom stereocenters. The Bertz CT molecular complexity index is 1310. The molecule has 38 heavy (non-hydrogen) atoms. The van der Waals surface area contributed by atoms with E-state index in [1.165, 1.54) is 12.1 Å². The van der Waals surface area contributed by atoms with Gasteiger partial charge in [-0.3, -0.25) is 10.1 Å². The lowest BCUT2D eigenvalue weighted by Crippen LogP contribution is -2.43. The number of carbonyl (C=O) groups is 1. The number of hydrogen-bond acceptors (Lipinski definition) is 6. The highest BCUT2D eigenvalue weighted by atomic mass is 19.4. The Morgan fingerprint density at radius 1 is 1.03 bits per heavy atom. The lowest BCUT2D eigenvalue weighted by Gasteiger charge is -2.38. The van der Waals surface area contributed by atoms with E-state index in [1.54, 1.807) is 0 Å². The smallest absolute Gasteiger partial charge is 0.416 e. The van der Waals surface area contributed by atoms with Gasteiger partial charge in [-0.2, -0.15) is 13.2 Å². The molecule has 0 aromatic heterocycles. The average molecular weight is 529 g/mol. The van der Waals surface area contributed by atoms with Gasteiger partial charge in [0.1, 0.15) is 0 Å². The lowest BCUT2D eigenvalue weighted by molar-refractivity contribution is -0.384. The van der Waals surface area contributed by atoms with Crippen LogP contribution >= 0.6 is 0 Å². The predicted molar refractivity (Wildman–Crippen MR) is 135 cm³/mol. The summed E-state index contributed by atoms with van der Waals surface area (Å²) < 4.78 is 52.1. The van der Waals surface area contributed by atoms with Crippen LogP contribution in [0.5, 0.6) is 0 Å². The molecule has 1 N–H and O–H groups in total. The number of nitrogens with one attached hydrogen (secondary N) is 1. The highest BCUT2D eigenvalue weighted by molar-refractivity contribution is 5.92. The first kappa shape index (κ1) is 27.3. The highest BCUT2D eigenvalue weighted by Crippen LogP contribution is 2.37. The van der Waals surface area contributed by atoms with Gasteiger partial charge in [0.2, 0.25) is 0 Å². The van der Waals surface area contributed by atoms with Crippen LogP contribution in [0.25, 0.3) is 11.1 Å². The predicted octanol–water partition coefficient (Wildman–Crippen LogP) is 5.91. The van der Waals surface area contributed by atoms with Crippen LogP contribution in [0, 0.1) is 10.1 Å². The zero-order chi connectivity index (χ0) is 27.3. The minimum absolute atomic E-state index is 0.0758. The SMILES string of the molecule is COC(=O)c1cc(-c2cc(COCC3(c4ccccc4)CCNCC3)cc(C(F)(F)F)c2)cc([N+](=O)[O-])c1. The fourth-order valence-corrected chi connectivity index (χ4v) is 4.80. The number of halogens is 3. The summed E-state index contributed by atoms with van der Waals surface area (Å²) in [6.07, 6.45) is -3.00. The van der Waals surface area contributed by atoms with Crippen LogP contribution in [-0.4, -0.2) is 37.7 Å². The van der Waals surface area contributed by atoms with Crippen LogP contribution in [0.2, 0.25) is 0 Å². The highest BCUT2D eigenvalue weighted by Gasteiger charge is 2.35. The van der Waals surface area contributed by atoms with E-state index in [0.717, 1.165) is 62.9 Å². The summed E-state index contributed by atoms with van der Waals surface area (Å²) >= 11 is 0. The summed E-state index contributed by atoms with van der Waals surface area (Å²) in [4.78, 5) is 22.8. The average Bonchev–Trinajstić information content (AvgIpc) is 2.92. The quantitative estimate of drug-likeness (QED) is 0.222. The standard InChI is InChI=1S/C28H27F3N2O5/c1-37-26(34)22-13-21(15-25(16-22)33(35)36)20-11-19(12-24(14-20)28(29,30)31)17-38-18-27(7-9-32-10-8-27)23-5-3-2-4-6-23/h2-6,11-16,32H,7-10,17-18H2,1H3. The van der Waals surface area contributed by atoms with Crippen LogP contribution < -0.4 is 5.32 Å². The number of piperidine rings is 1. The second-order valence-corrected chi connectivity index (χ2v) is 9.32. The number of non-ortho nitro benzene ring substituents is 1. The van der Waals surface area contributed by atoms with Crippen molar-refractivity contribution < 1.29 is 32.4 Å². The number of benzene rings is 3. The van der Waals surface area contributed by atoms with Crippen molar-refractivity contribution in [1.82, 2.24) is 5.32 Å². The fraction of sp³-hybridized carbons (Fsp3) is 0.321. The maximum atomic E-state index is 13.8. The number of methoxy groups -OCH3 is 1. The van der Waals surface area contributed by atoms with Gasteiger partial charge in [0.05, 0.1) is 36.4 Å². The first-order valence-corrected chi connectivity index (χ1v) is 12.0. The zero-order valence-electron chi connectivity index (χ0n) is 20.7. The molecule has 1 saturated heterocycles. The molecule has 4 rings (SSSR count). The molecule has 0 saturated carbocycles. The number of rotatable bonds is 8. The van der Waals surface area contributed by atoms with Crippen LogP contribution in [0.1, 0.15) is 39.9 Å². The molecule has 10 heteroatoms. The number of nitro benzene ring substituents is 1. The van der Waals surface area contributed by atoms with E-state index < -0.39 is 28.3 Å². The number of esters is 1. The zero-order valence-corrected chi connectivity index (χ0v) is 20.7. The lowest BCUT2D eigenvalue weighted by atomic mass is 9.74. The summed E-state index contributed by atoms with van der Waals surface area (Å²) in [5.41, 5.74) is -0.197. The minimum Gasteiger partial charge on any atom is -0.465 e. The third-order valence-electron chi connectivity index (χ3n) is 6.80. The van der Waals surface area contributed by atoms with Gasteiger partial charge in [0, 0.05) is 17.5 Å². The number of nitro groups is 1. The molecule has 7 nitrogen and oxygen atoms in total. The van der Waals surface area contributed by atoms with Gasteiger partial charge in [-0.1, -0.05) is 30.3 Å². The topological polar surface area (TPSA) is 90.7 Å². The largest absolute Gasteiger partial charge is 0.465 e. The van der Waals surface area contributed by atoms with Crippen LogP contribution in [0.3, 0.4) is 0 Å². The molecule has 0 amide bonds. The Morgan fingerprint density at radius 2 is 1.71 bits per heavy atom. The number of hydrogen-bond donors (Lipinski definition) is 1. The Morgan fingerprint density at radius 3 is 2.34 bits per heavy atom. The van der Waals surface area contributed by atoms with E-state index in [-0.39, 0.29) is 34.3 Å². The second-order valence-electron chi connectivity index (χ2n) is 9.32. The Kier molecular flexibility index (Phi) is 8.13. The van der Waals surface area contributed by atoms with Crippen molar-refractivity contribution in [3.8, 4) is 11.1 Å². The van der Waals surface area contributed by atoms with Gasteiger partial charge in [-0.15, -0.1) is 0 Å². The Hall–Kier alpha value is -3.76. The molecule has 1 heterocycles. The van der Waals surface area contributed by atoms with Crippen molar-refractivity contribution >= 4 is 11.7 Å². The monoisotopic (exact) mass is 528 g/mol. The molecule has 1 fully saturated rings. The van der Waals surface area contributed by atoms with Gasteiger partial charge in [0.25, 0.3) is 5.69 Å². The summed E-state index contributed by atoms with van der Waals surface area (Å²) in [7, 11) is 1.12. The molecular formula is C28H27F3N2O5. The van der Waals surface area contributed by atoms with Crippen molar-refractivity contribution in [2.45, 2.75) is 31.0 Å². The molecule has 200 valence electrons. The number of carbonyl (C=O) groups excluding carboxylic acids is 1. The summed E-state index contributed by atoms with van der Waals surface area (Å²) in [5, 5.41) is 14.8. The molecule has 0 unspecified atom stereocenters. The molecule has 0 aliphatic carbocycles. The molecule has 1 aliphatic rings. The maximum Gasteiger partial charge on any atom is 0.416 e. The van der Waals surface area contributed by atoms with E-state index in [1.807, 2.05) is 30.3 Å². The van der Waals surface area contributed by atoms with Crippen molar-refractivity contribution in [1.29, 1.82) is 0 Å². The normalized spacial score (nSPS) is 15.2. The Labute approximate surface area is 217 Å². The van der Waals surface area contributed by atoms with Gasteiger partial charge in [-0.25, -0.2) is 4.79 Å². The third kappa shape index (κ3) is 6.20. The van der Waals surface area contributed by atoms with E-state index >= 15 is 0 Å². The molecule has 0 spiro atoms. The number of ether oxygens (including phenoxy) is 2. The van der Waals surface area contributed by atoms with Crippen LogP contribution in [0.4, 0.5) is 18.9 Å². The number of nitrogens with zero attached hydrogens (tertiary/aromatic N) is 1. The summed E-state index contributed by atoms with van der Waals surface area (Å²) in [6.45, 7) is 1.85. The summed E-state index contributed by atoms with van der Waals surface area (Å²) in [6, 6.07) is 16.8. The van der Waals surface area contributed by atoms with Crippen LogP contribution in [0.15, 0.2) is 66.7 Å². The van der Waals surface area contributed by atoms with Crippen molar-refractivity contribution in [3.63, 3.8) is 0 Å². The molecule has 3 aromatic carbocycles. The van der Waals surface area contributed by atoms with Gasteiger partial charge in [-0.05, 0) is 72.5 Å². The minimum atomic E-state index is -4.66. The van der Waals surface area contributed by atoms with Gasteiger partial charge in [0.15, 0.2) is 0 Å². The molecule has 0 radical (unpaired) electrons. The van der Waals surface area contributed by atoms with Crippen LogP contribution in [-0.2, 0) is 27.7 Å². The van der Waals surface area contributed by atoms with E-state index in [2.05, 4.69) is 10.1 Å². The molecule has 1 aliphatic heterocycles. The van der Waals surface area contributed by atoms with E-state index in [0.29, 0.717) is 6.61 Å². The fourth-order valence-electron chi connectivity index (χ4n) is 4.80. The second kappa shape index (κ2) is 11.3. The van der Waals surface area contributed by atoms with E-state index in [9.17, 15) is 28.1 Å². The first-order chi connectivity index (χ1) is 18.1. The maximum absolute atomic E-state index is 13.8. The summed E-state index contributed by atoms with van der Waals surface area (Å²) in [5.74, 6) is -0.835. The molecule has 0 bridgehead atoms. The molecule has 3 aromatic rings. The van der Waals surface area contributed by atoms with Gasteiger partial charge < -0.3 is 14.8 Å². The third-order valence-corrected chi connectivity index (χ3v) is 6.80. The number of alkyl halides is 3. The van der Waals surface area contributed by atoms with Crippen molar-refractivity contribution in [3.05, 3.63) is 99.1 Å². The molecular weight excluding hydrogens is 501 g/mol. The first-order valence-electron chi connectivity index (χ1n) is 12.0. The van der Waals surface area contributed by atoms with Crippen molar-refractivity contribution in [2.24, 2.45) is 0 Å². The van der Waals surface area contributed by atoms with E-state index in [4.69, 9.17) is 4.74 Å². The van der Waals surface area contributed by atoms with Gasteiger partial charge >= 0.3 is 12.1 Å². The Balaban J connectivity index is 1.66.